The second kappa shape index (κ2) is 7.24. The van der Waals surface area contributed by atoms with Gasteiger partial charge in [-0.25, -0.2) is 0 Å². The van der Waals surface area contributed by atoms with Crippen LogP contribution in [0.15, 0.2) is 0 Å². The molecule has 0 unspecified atom stereocenters. The Hall–Kier alpha value is -1.85. The lowest BCUT2D eigenvalue weighted by molar-refractivity contribution is -0.148. The minimum atomic E-state index is -0.397. The van der Waals surface area contributed by atoms with Gasteiger partial charge in [-0.05, 0) is 39.7 Å². The monoisotopic (exact) mass is 295 g/mol. The number of carbonyl (C=O) groups excluding carboxylic acids is 2. The van der Waals surface area contributed by atoms with Crippen molar-refractivity contribution in [2.45, 2.75) is 46.6 Å². The lowest BCUT2D eigenvalue weighted by Crippen LogP contribution is -2.41. The number of rotatable bonds is 6. The van der Waals surface area contributed by atoms with Gasteiger partial charge < -0.3 is 9.64 Å². The fourth-order valence-corrected chi connectivity index (χ4v) is 2.32. The molecule has 0 aliphatic rings. The summed E-state index contributed by atoms with van der Waals surface area (Å²) in [5.41, 5.74) is 3.13. The van der Waals surface area contributed by atoms with E-state index >= 15 is 0 Å². The third-order valence-electron chi connectivity index (χ3n) is 3.72. The van der Waals surface area contributed by atoms with E-state index < -0.39 is 5.97 Å². The number of aryl methyl sites for hydroxylation is 2. The molecule has 0 atom stereocenters. The van der Waals surface area contributed by atoms with Crippen molar-refractivity contribution in [1.29, 1.82) is 0 Å². The Morgan fingerprint density at radius 3 is 2.38 bits per heavy atom. The van der Waals surface area contributed by atoms with E-state index in [9.17, 15) is 9.59 Å². The average Bonchev–Trinajstić information content (AvgIpc) is 2.66. The summed E-state index contributed by atoms with van der Waals surface area (Å²) in [5, 5.41) is 4.35. The Kier molecular flexibility index (Phi) is 5.93. The third kappa shape index (κ3) is 4.31. The van der Waals surface area contributed by atoms with Crippen LogP contribution in [0.5, 0.6) is 0 Å². The molecule has 1 aromatic heterocycles. The fourth-order valence-electron chi connectivity index (χ4n) is 2.32. The third-order valence-corrected chi connectivity index (χ3v) is 3.72. The molecule has 0 aliphatic heterocycles. The van der Waals surface area contributed by atoms with Gasteiger partial charge in [0.2, 0.25) is 5.91 Å². The van der Waals surface area contributed by atoms with Crippen LogP contribution < -0.4 is 0 Å². The number of aromatic nitrogens is 2. The van der Waals surface area contributed by atoms with E-state index in [1.807, 2.05) is 39.4 Å². The van der Waals surface area contributed by atoms with Crippen LogP contribution in [0.25, 0.3) is 0 Å². The van der Waals surface area contributed by atoms with Crippen molar-refractivity contribution in [3.63, 3.8) is 0 Å². The number of esters is 1. The molecular formula is C15H25N3O3. The van der Waals surface area contributed by atoms with E-state index in [-0.39, 0.29) is 18.5 Å². The summed E-state index contributed by atoms with van der Waals surface area (Å²) in [4.78, 5) is 25.3. The number of hydrogen-bond donors (Lipinski definition) is 0. The highest BCUT2D eigenvalue weighted by molar-refractivity contribution is 5.82. The second-order valence-electron chi connectivity index (χ2n) is 5.46. The SMILES string of the molecule is COC(=O)CN(C(=O)CCc1c(C)nn(C)c1C)C(C)C. The molecule has 118 valence electrons. The second-order valence-corrected chi connectivity index (χ2v) is 5.46. The average molecular weight is 295 g/mol. The highest BCUT2D eigenvalue weighted by Gasteiger charge is 2.21. The number of carbonyl (C=O) groups is 2. The smallest absolute Gasteiger partial charge is 0.325 e. The predicted octanol–water partition coefficient (Wildman–Crippen LogP) is 1.38. The van der Waals surface area contributed by atoms with Gasteiger partial charge >= 0.3 is 5.97 Å². The molecule has 0 spiro atoms. The zero-order valence-corrected chi connectivity index (χ0v) is 13.8. The van der Waals surface area contributed by atoms with E-state index in [0.29, 0.717) is 12.8 Å². The topological polar surface area (TPSA) is 64.4 Å². The number of nitrogens with zero attached hydrogens (tertiary/aromatic N) is 3. The number of methoxy groups -OCH3 is 1. The van der Waals surface area contributed by atoms with E-state index in [1.54, 1.807) is 4.90 Å². The molecule has 0 N–H and O–H groups in total. The summed E-state index contributed by atoms with van der Waals surface area (Å²) in [6, 6.07) is -0.0345. The summed E-state index contributed by atoms with van der Waals surface area (Å²) in [6.45, 7) is 7.72. The minimum absolute atomic E-state index is 0.00198. The van der Waals surface area contributed by atoms with Crippen LogP contribution in [-0.2, 0) is 27.8 Å². The predicted molar refractivity (Wildman–Crippen MR) is 79.9 cm³/mol. The van der Waals surface area contributed by atoms with Crippen molar-refractivity contribution < 1.29 is 14.3 Å². The molecule has 21 heavy (non-hydrogen) atoms. The van der Waals surface area contributed by atoms with Crippen LogP contribution in [0.4, 0.5) is 0 Å². The Morgan fingerprint density at radius 2 is 1.95 bits per heavy atom. The van der Waals surface area contributed by atoms with Gasteiger partial charge in [-0.15, -0.1) is 0 Å². The molecule has 1 amide bonds. The van der Waals surface area contributed by atoms with Crippen molar-refractivity contribution in [1.82, 2.24) is 14.7 Å². The van der Waals surface area contributed by atoms with Crippen LogP contribution in [0, 0.1) is 13.8 Å². The summed E-state index contributed by atoms with van der Waals surface area (Å²) in [7, 11) is 3.22. The molecule has 6 nitrogen and oxygen atoms in total. The van der Waals surface area contributed by atoms with Crippen molar-refractivity contribution in [2.24, 2.45) is 7.05 Å². The van der Waals surface area contributed by atoms with Crippen molar-refractivity contribution >= 4 is 11.9 Å². The van der Waals surface area contributed by atoms with Gasteiger partial charge in [0.15, 0.2) is 0 Å². The zero-order chi connectivity index (χ0) is 16.2. The lowest BCUT2D eigenvalue weighted by atomic mass is 10.1. The van der Waals surface area contributed by atoms with Crippen LogP contribution >= 0.6 is 0 Å². The van der Waals surface area contributed by atoms with Gasteiger partial charge in [0.1, 0.15) is 6.54 Å². The van der Waals surface area contributed by atoms with Crippen molar-refractivity contribution in [3.05, 3.63) is 17.0 Å². The van der Waals surface area contributed by atoms with E-state index in [1.165, 1.54) is 7.11 Å². The molecular weight excluding hydrogens is 270 g/mol. The molecule has 1 heterocycles. The Morgan fingerprint density at radius 1 is 1.33 bits per heavy atom. The van der Waals surface area contributed by atoms with Crippen LogP contribution in [0.1, 0.15) is 37.2 Å². The van der Waals surface area contributed by atoms with Gasteiger partial charge in [-0.3, -0.25) is 14.3 Å². The summed E-state index contributed by atoms with van der Waals surface area (Å²) in [5.74, 6) is -0.441. The molecule has 0 bridgehead atoms. The molecule has 0 aliphatic carbocycles. The van der Waals surface area contributed by atoms with Gasteiger partial charge in [0.05, 0.1) is 12.8 Å². The van der Waals surface area contributed by atoms with Crippen LogP contribution in [-0.4, -0.2) is 46.3 Å². The maximum absolute atomic E-state index is 12.3. The van der Waals surface area contributed by atoms with E-state index in [0.717, 1.165) is 17.0 Å². The quantitative estimate of drug-likeness (QED) is 0.744. The maximum Gasteiger partial charge on any atom is 0.325 e. The first kappa shape index (κ1) is 17.2. The molecule has 6 heteroatoms. The maximum atomic E-state index is 12.3. The highest BCUT2D eigenvalue weighted by atomic mass is 16.5. The Balaban J connectivity index is 2.72. The van der Waals surface area contributed by atoms with E-state index in [2.05, 4.69) is 9.84 Å². The molecule has 0 radical (unpaired) electrons. The minimum Gasteiger partial charge on any atom is -0.468 e. The summed E-state index contributed by atoms with van der Waals surface area (Å²) in [6.07, 6.45) is 0.997. The van der Waals surface area contributed by atoms with Crippen LogP contribution in [0.3, 0.4) is 0 Å². The first-order valence-corrected chi connectivity index (χ1v) is 7.13. The molecule has 1 rings (SSSR count). The molecule has 1 aromatic rings. The van der Waals surface area contributed by atoms with Gasteiger partial charge in [-0.1, -0.05) is 0 Å². The zero-order valence-electron chi connectivity index (χ0n) is 13.8. The first-order valence-electron chi connectivity index (χ1n) is 7.13. The highest BCUT2D eigenvalue weighted by Crippen LogP contribution is 2.15. The lowest BCUT2D eigenvalue weighted by Gasteiger charge is -2.25. The standard InChI is InChI=1S/C15H25N3O3/c1-10(2)18(9-15(20)21-6)14(19)8-7-13-11(3)16-17(5)12(13)4/h10H,7-9H2,1-6H3. The first-order chi connectivity index (χ1) is 9.77. The van der Waals surface area contributed by atoms with Gasteiger partial charge in [0.25, 0.3) is 0 Å². The van der Waals surface area contributed by atoms with E-state index in [4.69, 9.17) is 0 Å². The van der Waals surface area contributed by atoms with Crippen molar-refractivity contribution in [2.75, 3.05) is 13.7 Å². The van der Waals surface area contributed by atoms with Crippen molar-refractivity contribution in [3.8, 4) is 0 Å². The van der Waals surface area contributed by atoms with Gasteiger partial charge in [0, 0.05) is 25.2 Å². The molecule has 0 saturated heterocycles. The summed E-state index contributed by atoms with van der Waals surface area (Å²) >= 11 is 0. The normalized spacial score (nSPS) is 10.8. The molecule has 0 saturated carbocycles. The Bertz CT molecular complexity index is 520. The van der Waals surface area contributed by atoms with Crippen LogP contribution in [0.2, 0.25) is 0 Å². The number of hydrogen-bond acceptors (Lipinski definition) is 4. The summed E-state index contributed by atoms with van der Waals surface area (Å²) < 4.78 is 6.46. The number of ether oxygens (including phenoxy) is 1. The van der Waals surface area contributed by atoms with Gasteiger partial charge in [-0.2, -0.15) is 5.10 Å². The number of amides is 1. The molecule has 0 fully saturated rings. The largest absolute Gasteiger partial charge is 0.468 e. The Labute approximate surface area is 126 Å². The fraction of sp³-hybridized carbons (Fsp3) is 0.667. The molecule has 0 aromatic carbocycles.